The van der Waals surface area contributed by atoms with Crippen LogP contribution in [0.5, 0.6) is 0 Å². The smallest absolute Gasteiger partial charge is 0.292 e. The van der Waals surface area contributed by atoms with Gasteiger partial charge in [0.05, 0.1) is 17.0 Å². The molecular weight excluding hydrogens is 378 g/mol. The first-order chi connectivity index (χ1) is 12.3. The normalized spacial score (nSPS) is 17.8. The third kappa shape index (κ3) is 3.94. The highest BCUT2D eigenvalue weighted by Gasteiger charge is 2.42. The summed E-state index contributed by atoms with van der Waals surface area (Å²) in [6.45, 7) is 0.429. The average Bonchev–Trinajstić information content (AvgIpc) is 2.86. The summed E-state index contributed by atoms with van der Waals surface area (Å²) in [7, 11) is -3.73. The van der Waals surface area contributed by atoms with Crippen molar-refractivity contribution in [1.29, 1.82) is 0 Å². The highest BCUT2D eigenvalue weighted by atomic mass is 35.5. The van der Waals surface area contributed by atoms with Crippen molar-refractivity contribution in [3.63, 3.8) is 0 Å². The minimum atomic E-state index is -3.73. The SMILES string of the molecule is NS(=O)(=O)c1ccc(C[NH2+]C2CC(=O)N(c3cccc(Cl)c3)C2=O)cc1. The molecule has 26 heavy (non-hydrogen) atoms. The Morgan fingerprint density at radius 1 is 1.15 bits per heavy atom. The van der Waals surface area contributed by atoms with Crippen LogP contribution in [0, 0.1) is 0 Å². The summed E-state index contributed by atoms with van der Waals surface area (Å²) in [5, 5.41) is 7.27. The Bertz CT molecular complexity index is 960. The third-order valence-corrected chi connectivity index (χ3v) is 5.30. The second-order valence-corrected chi connectivity index (χ2v) is 7.98. The van der Waals surface area contributed by atoms with Gasteiger partial charge in [-0.25, -0.2) is 18.5 Å². The number of sulfonamides is 1. The van der Waals surface area contributed by atoms with Crippen molar-refractivity contribution >= 4 is 39.1 Å². The van der Waals surface area contributed by atoms with E-state index < -0.39 is 16.1 Å². The van der Waals surface area contributed by atoms with E-state index in [9.17, 15) is 18.0 Å². The molecule has 1 unspecified atom stereocenters. The lowest BCUT2D eigenvalue weighted by Gasteiger charge is -2.14. The van der Waals surface area contributed by atoms with Crippen LogP contribution < -0.4 is 15.4 Å². The van der Waals surface area contributed by atoms with Gasteiger partial charge in [-0.05, 0) is 30.3 Å². The summed E-state index contributed by atoms with van der Waals surface area (Å²) >= 11 is 5.93. The van der Waals surface area contributed by atoms with Crippen LogP contribution in [0.25, 0.3) is 0 Å². The predicted octanol–water partition coefficient (Wildman–Crippen LogP) is 0.383. The number of rotatable bonds is 5. The van der Waals surface area contributed by atoms with Gasteiger partial charge in [0.25, 0.3) is 5.91 Å². The van der Waals surface area contributed by atoms with Gasteiger partial charge in [0.1, 0.15) is 6.54 Å². The Morgan fingerprint density at radius 3 is 2.46 bits per heavy atom. The maximum absolute atomic E-state index is 12.6. The number of imide groups is 1. The molecule has 4 N–H and O–H groups in total. The van der Waals surface area contributed by atoms with Gasteiger partial charge in [-0.3, -0.25) is 9.59 Å². The summed E-state index contributed by atoms with van der Waals surface area (Å²) in [4.78, 5) is 26.0. The summed E-state index contributed by atoms with van der Waals surface area (Å²) in [6, 6.07) is 12.2. The fraction of sp³-hybridized carbons (Fsp3) is 0.176. The van der Waals surface area contributed by atoms with Crippen LogP contribution >= 0.6 is 11.6 Å². The minimum Gasteiger partial charge on any atom is -0.332 e. The molecule has 0 spiro atoms. The number of nitrogens with zero attached hydrogens (tertiary/aromatic N) is 1. The average molecular weight is 395 g/mol. The van der Waals surface area contributed by atoms with Gasteiger partial charge in [0, 0.05) is 10.6 Å². The molecule has 0 aromatic heterocycles. The van der Waals surface area contributed by atoms with Crippen LogP contribution in [0.2, 0.25) is 5.02 Å². The van der Waals surface area contributed by atoms with E-state index in [0.29, 0.717) is 17.3 Å². The maximum atomic E-state index is 12.6. The van der Waals surface area contributed by atoms with E-state index in [1.165, 1.54) is 12.1 Å². The van der Waals surface area contributed by atoms with Crippen molar-refractivity contribution in [1.82, 2.24) is 0 Å². The second-order valence-electron chi connectivity index (χ2n) is 5.99. The quantitative estimate of drug-likeness (QED) is 0.713. The van der Waals surface area contributed by atoms with Crippen molar-refractivity contribution in [2.24, 2.45) is 5.14 Å². The molecule has 1 aliphatic rings. The number of nitrogens with two attached hydrogens (primary N) is 2. The summed E-state index contributed by atoms with van der Waals surface area (Å²) in [5.74, 6) is -0.568. The van der Waals surface area contributed by atoms with Crippen LogP contribution in [-0.4, -0.2) is 26.3 Å². The van der Waals surface area contributed by atoms with Crippen LogP contribution in [0.1, 0.15) is 12.0 Å². The van der Waals surface area contributed by atoms with Gasteiger partial charge >= 0.3 is 0 Å². The highest BCUT2D eigenvalue weighted by molar-refractivity contribution is 7.89. The molecule has 136 valence electrons. The number of benzene rings is 2. The fourth-order valence-corrected chi connectivity index (χ4v) is 3.52. The number of carbonyl (C=O) groups excluding carboxylic acids is 2. The molecule has 1 atom stereocenters. The summed E-state index contributed by atoms with van der Waals surface area (Å²) in [6.07, 6.45) is 0.0978. The lowest BCUT2D eigenvalue weighted by molar-refractivity contribution is -0.690. The zero-order valence-corrected chi connectivity index (χ0v) is 15.2. The van der Waals surface area contributed by atoms with E-state index in [-0.39, 0.29) is 23.1 Å². The number of anilines is 1. The zero-order chi connectivity index (χ0) is 18.9. The van der Waals surface area contributed by atoms with Gasteiger partial charge in [-0.2, -0.15) is 0 Å². The first-order valence-corrected chi connectivity index (χ1v) is 9.75. The second kappa shape index (κ2) is 7.16. The number of carbonyl (C=O) groups is 2. The molecule has 0 bridgehead atoms. The van der Waals surface area contributed by atoms with Crippen LogP contribution in [0.15, 0.2) is 53.4 Å². The molecule has 2 aromatic carbocycles. The molecule has 0 saturated carbocycles. The van der Waals surface area contributed by atoms with Crippen molar-refractivity contribution in [2.75, 3.05) is 4.90 Å². The van der Waals surface area contributed by atoms with Crippen LogP contribution in [-0.2, 0) is 26.2 Å². The maximum Gasteiger partial charge on any atom is 0.292 e. The third-order valence-electron chi connectivity index (χ3n) is 4.14. The molecule has 2 amide bonds. The van der Waals surface area contributed by atoms with Gasteiger partial charge in [-0.15, -0.1) is 0 Å². The zero-order valence-electron chi connectivity index (χ0n) is 13.6. The van der Waals surface area contributed by atoms with E-state index in [4.69, 9.17) is 16.7 Å². The molecule has 3 rings (SSSR count). The lowest BCUT2D eigenvalue weighted by Crippen LogP contribution is -2.90. The minimum absolute atomic E-state index is 0.0282. The van der Waals surface area contributed by atoms with Gasteiger partial charge in [-0.1, -0.05) is 29.8 Å². The van der Waals surface area contributed by atoms with E-state index in [1.54, 1.807) is 41.7 Å². The van der Waals surface area contributed by atoms with E-state index >= 15 is 0 Å². The Hall–Kier alpha value is -2.26. The molecule has 1 saturated heterocycles. The Balaban J connectivity index is 1.68. The fourth-order valence-electron chi connectivity index (χ4n) is 2.82. The molecule has 1 fully saturated rings. The monoisotopic (exact) mass is 394 g/mol. The summed E-state index contributed by atoms with van der Waals surface area (Å²) in [5.41, 5.74) is 1.28. The summed E-state index contributed by atoms with van der Waals surface area (Å²) < 4.78 is 22.5. The Morgan fingerprint density at radius 2 is 1.85 bits per heavy atom. The lowest BCUT2D eigenvalue weighted by atomic mass is 10.2. The highest BCUT2D eigenvalue weighted by Crippen LogP contribution is 2.24. The molecule has 1 heterocycles. The predicted molar refractivity (Wildman–Crippen MR) is 95.8 cm³/mol. The van der Waals surface area contributed by atoms with E-state index in [2.05, 4.69) is 0 Å². The van der Waals surface area contributed by atoms with Crippen molar-refractivity contribution < 1.29 is 23.3 Å². The number of quaternary nitrogens is 1. The van der Waals surface area contributed by atoms with Crippen molar-refractivity contribution in [2.45, 2.75) is 23.9 Å². The molecule has 0 radical (unpaired) electrons. The largest absolute Gasteiger partial charge is 0.332 e. The number of primary sulfonamides is 1. The Kier molecular flexibility index (Phi) is 5.10. The molecule has 7 nitrogen and oxygen atoms in total. The van der Waals surface area contributed by atoms with E-state index in [1.807, 2.05) is 0 Å². The van der Waals surface area contributed by atoms with Gasteiger partial charge in [0.15, 0.2) is 6.04 Å². The first-order valence-electron chi connectivity index (χ1n) is 7.83. The van der Waals surface area contributed by atoms with Crippen LogP contribution in [0.3, 0.4) is 0 Å². The number of amides is 2. The molecular formula is C17H17ClN3O4S+. The Labute approximate surface area is 155 Å². The van der Waals surface area contributed by atoms with E-state index in [0.717, 1.165) is 10.5 Å². The molecule has 9 heteroatoms. The molecule has 2 aromatic rings. The van der Waals surface area contributed by atoms with Crippen molar-refractivity contribution in [3.8, 4) is 0 Å². The number of halogens is 1. The van der Waals surface area contributed by atoms with Gasteiger partial charge in [0.2, 0.25) is 15.9 Å². The molecule has 1 aliphatic heterocycles. The first kappa shape index (κ1) is 18.5. The standard InChI is InChI=1S/C17H16ClN3O4S/c18-12-2-1-3-13(8-12)21-16(22)9-15(17(21)23)20-10-11-4-6-14(7-5-11)26(19,24)25/h1-8,15,20H,9-10H2,(H2,19,24,25)/p+1. The molecule has 0 aliphatic carbocycles. The topological polar surface area (TPSA) is 114 Å². The number of hydrogen-bond acceptors (Lipinski definition) is 4. The van der Waals surface area contributed by atoms with Crippen molar-refractivity contribution in [3.05, 3.63) is 59.1 Å². The number of hydrogen-bond donors (Lipinski definition) is 2. The van der Waals surface area contributed by atoms with Gasteiger partial charge < -0.3 is 5.32 Å². The van der Waals surface area contributed by atoms with Crippen LogP contribution in [0.4, 0.5) is 5.69 Å².